The number of carbonyl (C=O) groups is 2. The highest BCUT2D eigenvalue weighted by atomic mass is 35.5. The maximum atomic E-state index is 13.0. The molecule has 1 fully saturated rings. The molecule has 1 aliphatic carbocycles. The fourth-order valence-electron chi connectivity index (χ4n) is 3.28. The summed E-state index contributed by atoms with van der Waals surface area (Å²) in [6.07, 6.45) is 4.67. The normalized spacial score (nSPS) is 15.9. The molecule has 1 aromatic rings. The molecule has 8 heteroatoms. The fraction of sp³-hybridized carbons (Fsp3) is 0.556. The summed E-state index contributed by atoms with van der Waals surface area (Å²) in [5, 5.41) is 3.44. The predicted molar refractivity (Wildman–Crippen MR) is 100 cm³/mol. The molecule has 0 bridgehead atoms. The Morgan fingerprint density at radius 2 is 1.85 bits per heavy atom. The lowest BCUT2D eigenvalue weighted by Crippen LogP contribution is -2.56. The molecule has 0 unspecified atom stereocenters. The first-order chi connectivity index (χ1) is 12.6. The van der Waals surface area contributed by atoms with E-state index < -0.39 is 18.0 Å². The lowest BCUT2D eigenvalue weighted by atomic mass is 9.93. The molecule has 1 saturated carbocycles. The molecule has 1 aliphatic rings. The van der Waals surface area contributed by atoms with E-state index in [2.05, 4.69) is 5.29 Å². The van der Waals surface area contributed by atoms with E-state index >= 15 is 0 Å². The van der Waals surface area contributed by atoms with Gasteiger partial charge in [0.25, 0.3) is 0 Å². The number of nitrogens with zero attached hydrogens (tertiary/aromatic N) is 3. The molecule has 2 N–H and O–H groups in total. The Balaban J connectivity index is 2.19. The Kier molecular flexibility index (Phi) is 8.00. The maximum absolute atomic E-state index is 13.0. The third kappa shape index (κ3) is 5.25. The third-order valence-electron chi connectivity index (χ3n) is 4.61. The van der Waals surface area contributed by atoms with Gasteiger partial charge in [-0.05, 0) is 24.8 Å². The average molecular weight is 381 g/mol. The minimum atomic E-state index is -0.868. The van der Waals surface area contributed by atoms with Gasteiger partial charge in [-0.1, -0.05) is 49.6 Å². The Bertz CT molecular complexity index is 608. The van der Waals surface area contributed by atoms with E-state index in [0.717, 1.165) is 29.7 Å². The number of nitrogens with two attached hydrogens (primary N) is 1. The van der Waals surface area contributed by atoms with Crippen LogP contribution in [0, 0.1) is 4.91 Å². The zero-order valence-electron chi connectivity index (χ0n) is 14.7. The Labute approximate surface area is 158 Å². The van der Waals surface area contributed by atoms with Gasteiger partial charge in [0.1, 0.15) is 0 Å². The smallest absolute Gasteiger partial charge is 0.320 e. The molecule has 0 saturated heterocycles. The van der Waals surface area contributed by atoms with Crippen LogP contribution in [0.25, 0.3) is 0 Å². The van der Waals surface area contributed by atoms with Crippen LogP contribution < -0.4 is 5.73 Å². The Hall–Kier alpha value is -1.99. The molecule has 0 heterocycles. The number of nitroso groups, excluding NO2 is 1. The number of imide groups is 1. The largest absolute Gasteiger partial charge is 0.350 e. The minimum Gasteiger partial charge on any atom is -0.320 e. The van der Waals surface area contributed by atoms with Crippen molar-refractivity contribution in [3.8, 4) is 0 Å². The molecular formula is C18H25ClN4O3. The van der Waals surface area contributed by atoms with Gasteiger partial charge in [0.15, 0.2) is 0 Å². The van der Waals surface area contributed by atoms with Crippen LogP contribution in [-0.4, -0.2) is 46.4 Å². The summed E-state index contributed by atoms with van der Waals surface area (Å²) in [7, 11) is 0. The average Bonchev–Trinajstić information content (AvgIpc) is 2.67. The van der Waals surface area contributed by atoms with Crippen molar-refractivity contribution in [1.29, 1.82) is 0 Å². The number of benzene rings is 1. The van der Waals surface area contributed by atoms with Crippen molar-refractivity contribution >= 4 is 23.5 Å². The van der Waals surface area contributed by atoms with Crippen molar-refractivity contribution in [2.75, 3.05) is 12.4 Å². The summed E-state index contributed by atoms with van der Waals surface area (Å²) < 4.78 is 0. The van der Waals surface area contributed by atoms with Crippen LogP contribution in [0.5, 0.6) is 0 Å². The summed E-state index contributed by atoms with van der Waals surface area (Å²) in [4.78, 5) is 37.9. The van der Waals surface area contributed by atoms with Gasteiger partial charge in [-0.25, -0.2) is 4.79 Å². The van der Waals surface area contributed by atoms with E-state index in [4.69, 9.17) is 17.3 Å². The molecule has 0 aliphatic heterocycles. The highest BCUT2D eigenvalue weighted by Gasteiger charge is 2.36. The van der Waals surface area contributed by atoms with Crippen LogP contribution in [0.1, 0.15) is 37.7 Å². The minimum absolute atomic E-state index is 0.0473. The topological polar surface area (TPSA) is 96.1 Å². The van der Waals surface area contributed by atoms with E-state index in [1.54, 1.807) is 0 Å². The number of hydrogen-bond donors (Lipinski definition) is 1. The van der Waals surface area contributed by atoms with Gasteiger partial charge >= 0.3 is 6.03 Å². The van der Waals surface area contributed by atoms with E-state index in [0.29, 0.717) is 24.3 Å². The molecule has 142 valence electrons. The highest BCUT2D eigenvalue weighted by Crippen LogP contribution is 2.24. The van der Waals surface area contributed by atoms with Gasteiger partial charge in [0.05, 0.1) is 17.9 Å². The molecular weight excluding hydrogens is 356 g/mol. The summed E-state index contributed by atoms with van der Waals surface area (Å²) in [6.45, 7) is -0.0473. The summed E-state index contributed by atoms with van der Waals surface area (Å²) in [5.74, 6) is -0.422. The first-order valence-electron chi connectivity index (χ1n) is 8.91. The molecule has 7 nitrogen and oxygen atoms in total. The zero-order chi connectivity index (χ0) is 18.9. The number of hydrogen-bond acceptors (Lipinski definition) is 5. The quantitative estimate of drug-likeness (QED) is 0.446. The SMILES string of the molecule is N[C@@H](Cc1ccccc1)C(=O)N(C(=O)N(CCCl)N=O)C1CCCCC1. The van der Waals surface area contributed by atoms with Crippen molar-refractivity contribution in [2.24, 2.45) is 11.0 Å². The number of alkyl halides is 1. The lowest BCUT2D eigenvalue weighted by molar-refractivity contribution is -0.132. The third-order valence-corrected chi connectivity index (χ3v) is 4.78. The molecule has 2 rings (SSSR count). The van der Waals surface area contributed by atoms with E-state index in [1.165, 1.54) is 0 Å². The van der Waals surface area contributed by atoms with Crippen molar-refractivity contribution in [2.45, 2.75) is 50.6 Å². The molecule has 0 radical (unpaired) electrons. The second-order valence-corrected chi connectivity index (χ2v) is 6.85. The second kappa shape index (κ2) is 10.2. The van der Waals surface area contributed by atoms with Gasteiger partial charge in [0.2, 0.25) is 5.91 Å². The van der Waals surface area contributed by atoms with E-state index in [9.17, 15) is 14.5 Å². The van der Waals surface area contributed by atoms with Crippen molar-refractivity contribution in [3.63, 3.8) is 0 Å². The number of amides is 3. The fourth-order valence-corrected chi connectivity index (χ4v) is 3.44. The number of rotatable bonds is 7. The van der Waals surface area contributed by atoms with Crippen LogP contribution in [0.15, 0.2) is 35.6 Å². The van der Waals surface area contributed by atoms with Gasteiger partial charge in [-0.15, -0.1) is 16.5 Å². The zero-order valence-corrected chi connectivity index (χ0v) is 15.5. The van der Waals surface area contributed by atoms with Gasteiger partial charge in [0, 0.05) is 11.9 Å². The second-order valence-electron chi connectivity index (χ2n) is 6.47. The summed E-state index contributed by atoms with van der Waals surface area (Å²) in [6, 6.07) is 7.52. The van der Waals surface area contributed by atoms with Crippen LogP contribution in [0.4, 0.5) is 4.79 Å². The molecule has 1 atom stereocenters. The van der Waals surface area contributed by atoms with E-state index in [-0.39, 0.29) is 18.5 Å². The van der Waals surface area contributed by atoms with Crippen molar-refractivity contribution < 1.29 is 9.59 Å². The first kappa shape index (κ1) is 20.3. The van der Waals surface area contributed by atoms with Crippen molar-refractivity contribution in [3.05, 3.63) is 40.8 Å². The number of urea groups is 1. The standard InChI is InChI=1S/C18H25ClN4O3/c19-11-12-22(21-26)18(25)23(15-9-5-2-6-10-15)17(24)16(20)13-14-7-3-1-4-8-14/h1,3-4,7-8,15-16H,2,5-6,9-13,20H2/t16-/m0/s1. The molecule has 1 aromatic carbocycles. The van der Waals surface area contributed by atoms with Crippen LogP contribution in [-0.2, 0) is 11.2 Å². The molecule has 0 spiro atoms. The molecule has 0 aromatic heterocycles. The van der Waals surface area contributed by atoms with Crippen LogP contribution in [0.2, 0.25) is 0 Å². The highest BCUT2D eigenvalue weighted by molar-refractivity contribution is 6.18. The Morgan fingerprint density at radius 1 is 1.19 bits per heavy atom. The summed E-state index contributed by atoms with van der Waals surface area (Å²) in [5.41, 5.74) is 7.03. The van der Waals surface area contributed by atoms with Crippen LogP contribution >= 0.6 is 11.6 Å². The maximum Gasteiger partial charge on any atom is 0.350 e. The lowest BCUT2D eigenvalue weighted by Gasteiger charge is -2.35. The first-order valence-corrected chi connectivity index (χ1v) is 9.45. The number of carbonyl (C=O) groups excluding carboxylic acids is 2. The van der Waals surface area contributed by atoms with E-state index in [1.807, 2.05) is 30.3 Å². The predicted octanol–water partition coefficient (Wildman–Crippen LogP) is 3.06. The van der Waals surface area contributed by atoms with Gasteiger partial charge in [-0.2, -0.15) is 5.01 Å². The summed E-state index contributed by atoms with van der Waals surface area (Å²) >= 11 is 5.64. The Morgan fingerprint density at radius 3 is 2.42 bits per heavy atom. The monoisotopic (exact) mass is 380 g/mol. The van der Waals surface area contributed by atoms with Gasteiger partial charge in [-0.3, -0.25) is 9.69 Å². The van der Waals surface area contributed by atoms with Gasteiger partial charge < -0.3 is 5.73 Å². The molecule has 26 heavy (non-hydrogen) atoms. The molecule has 3 amide bonds. The number of halogens is 1. The van der Waals surface area contributed by atoms with Crippen molar-refractivity contribution in [1.82, 2.24) is 9.91 Å². The van der Waals surface area contributed by atoms with Crippen LogP contribution in [0.3, 0.4) is 0 Å².